The number of halogens is 1. The van der Waals surface area contributed by atoms with Crippen LogP contribution in [0.25, 0.3) is 0 Å². The molecule has 0 aromatic carbocycles. The van der Waals surface area contributed by atoms with Gasteiger partial charge in [-0.15, -0.1) is 24.0 Å². The van der Waals surface area contributed by atoms with Gasteiger partial charge in [0, 0.05) is 32.7 Å². The van der Waals surface area contributed by atoms with Crippen molar-refractivity contribution in [3.63, 3.8) is 0 Å². The fraction of sp³-hybridized carbons (Fsp3) is 0.933. The number of likely N-dealkylation sites (N-methyl/N-ethyl adjacent to an activating group) is 1. The molecule has 120 valence electrons. The topological polar surface area (TPSA) is 30.9 Å². The van der Waals surface area contributed by atoms with E-state index >= 15 is 0 Å². The van der Waals surface area contributed by atoms with E-state index < -0.39 is 0 Å². The lowest BCUT2D eigenvalue weighted by atomic mass is 10.3. The van der Waals surface area contributed by atoms with Crippen molar-refractivity contribution in [1.29, 1.82) is 0 Å². The SMILES string of the molecule is CCCCN(C)C(=NCCN(CC)C1CC1)NCC.I. The molecule has 0 saturated heterocycles. The van der Waals surface area contributed by atoms with Gasteiger partial charge in [0.2, 0.25) is 0 Å². The largest absolute Gasteiger partial charge is 0.357 e. The van der Waals surface area contributed by atoms with Crippen LogP contribution in [0.4, 0.5) is 0 Å². The van der Waals surface area contributed by atoms with Crippen LogP contribution in [0.2, 0.25) is 0 Å². The smallest absolute Gasteiger partial charge is 0.193 e. The fourth-order valence-electron chi connectivity index (χ4n) is 2.29. The van der Waals surface area contributed by atoms with Crippen molar-refractivity contribution < 1.29 is 0 Å². The monoisotopic (exact) mass is 396 g/mol. The van der Waals surface area contributed by atoms with Crippen molar-refractivity contribution in [2.75, 3.05) is 39.8 Å². The van der Waals surface area contributed by atoms with Crippen LogP contribution in [0.15, 0.2) is 4.99 Å². The Hall–Kier alpha value is -0.0400. The van der Waals surface area contributed by atoms with Gasteiger partial charge in [0.15, 0.2) is 5.96 Å². The van der Waals surface area contributed by atoms with Gasteiger partial charge in [0.1, 0.15) is 0 Å². The van der Waals surface area contributed by atoms with Gasteiger partial charge < -0.3 is 10.2 Å². The molecule has 1 saturated carbocycles. The maximum absolute atomic E-state index is 4.75. The van der Waals surface area contributed by atoms with E-state index in [1.54, 1.807) is 0 Å². The van der Waals surface area contributed by atoms with Crippen molar-refractivity contribution in [1.82, 2.24) is 15.1 Å². The maximum atomic E-state index is 4.75. The van der Waals surface area contributed by atoms with Gasteiger partial charge in [-0.1, -0.05) is 20.3 Å². The van der Waals surface area contributed by atoms with E-state index in [-0.39, 0.29) is 24.0 Å². The molecule has 0 bridgehead atoms. The predicted molar refractivity (Wildman–Crippen MR) is 99.2 cm³/mol. The van der Waals surface area contributed by atoms with Gasteiger partial charge in [-0.25, -0.2) is 0 Å². The zero-order chi connectivity index (χ0) is 14.1. The number of nitrogens with one attached hydrogen (secondary N) is 1. The van der Waals surface area contributed by atoms with Gasteiger partial charge in [-0.3, -0.25) is 9.89 Å². The molecule has 0 aromatic heterocycles. The summed E-state index contributed by atoms with van der Waals surface area (Å²) in [5.41, 5.74) is 0. The fourth-order valence-corrected chi connectivity index (χ4v) is 2.29. The molecule has 20 heavy (non-hydrogen) atoms. The Bertz CT molecular complexity index is 267. The Labute approximate surface area is 142 Å². The molecule has 1 fully saturated rings. The highest BCUT2D eigenvalue weighted by atomic mass is 127. The zero-order valence-electron chi connectivity index (χ0n) is 13.7. The first-order chi connectivity index (χ1) is 9.22. The first-order valence-electron chi connectivity index (χ1n) is 7.96. The highest BCUT2D eigenvalue weighted by Crippen LogP contribution is 2.25. The van der Waals surface area contributed by atoms with Gasteiger partial charge in [-0.2, -0.15) is 0 Å². The van der Waals surface area contributed by atoms with Crippen LogP contribution in [0.5, 0.6) is 0 Å². The lowest BCUT2D eigenvalue weighted by molar-refractivity contribution is 0.285. The van der Waals surface area contributed by atoms with Crippen LogP contribution in [-0.2, 0) is 0 Å². The van der Waals surface area contributed by atoms with Crippen LogP contribution in [0.1, 0.15) is 46.5 Å². The number of nitrogens with zero attached hydrogens (tertiary/aromatic N) is 3. The second-order valence-electron chi connectivity index (χ2n) is 5.37. The van der Waals surface area contributed by atoms with E-state index in [1.165, 1.54) is 25.7 Å². The molecule has 0 unspecified atom stereocenters. The lowest BCUT2D eigenvalue weighted by Crippen LogP contribution is -2.40. The first-order valence-corrected chi connectivity index (χ1v) is 7.96. The molecule has 0 atom stereocenters. The normalized spacial score (nSPS) is 15.2. The Morgan fingerprint density at radius 2 is 1.90 bits per heavy atom. The Morgan fingerprint density at radius 1 is 1.20 bits per heavy atom. The van der Waals surface area contributed by atoms with Gasteiger partial charge in [-0.05, 0) is 32.7 Å². The summed E-state index contributed by atoms with van der Waals surface area (Å²) in [6.07, 6.45) is 5.22. The van der Waals surface area contributed by atoms with Crippen LogP contribution >= 0.6 is 24.0 Å². The van der Waals surface area contributed by atoms with Crippen molar-refractivity contribution in [3.05, 3.63) is 0 Å². The van der Waals surface area contributed by atoms with Gasteiger partial charge >= 0.3 is 0 Å². The molecule has 0 amide bonds. The van der Waals surface area contributed by atoms with Crippen molar-refractivity contribution in [2.45, 2.75) is 52.5 Å². The number of rotatable bonds is 9. The minimum Gasteiger partial charge on any atom is -0.357 e. The van der Waals surface area contributed by atoms with E-state index in [9.17, 15) is 0 Å². The molecule has 0 radical (unpaired) electrons. The van der Waals surface area contributed by atoms with E-state index in [0.29, 0.717) is 0 Å². The van der Waals surface area contributed by atoms with Crippen LogP contribution in [0, 0.1) is 0 Å². The molecule has 0 aromatic rings. The third kappa shape index (κ3) is 7.67. The highest BCUT2D eigenvalue weighted by molar-refractivity contribution is 14.0. The number of aliphatic imine (C=N–C) groups is 1. The average Bonchev–Trinajstić information content (AvgIpc) is 3.24. The Kier molecular flexibility index (Phi) is 11.6. The summed E-state index contributed by atoms with van der Waals surface area (Å²) in [6, 6.07) is 0.848. The van der Waals surface area contributed by atoms with Crippen LogP contribution in [0.3, 0.4) is 0 Å². The summed E-state index contributed by atoms with van der Waals surface area (Å²) in [5.74, 6) is 1.06. The molecule has 1 N–H and O–H groups in total. The molecule has 0 spiro atoms. The van der Waals surface area contributed by atoms with Gasteiger partial charge in [0.25, 0.3) is 0 Å². The molecule has 0 heterocycles. The summed E-state index contributed by atoms with van der Waals surface area (Å²) in [6.45, 7) is 11.8. The minimum absolute atomic E-state index is 0. The molecule has 1 rings (SSSR count). The molecule has 0 aliphatic heterocycles. The zero-order valence-corrected chi connectivity index (χ0v) is 16.0. The minimum atomic E-state index is 0. The number of guanidine groups is 1. The Balaban J connectivity index is 0.00000361. The molecule has 5 heteroatoms. The van der Waals surface area contributed by atoms with E-state index in [1.807, 2.05) is 0 Å². The highest BCUT2D eigenvalue weighted by Gasteiger charge is 2.27. The lowest BCUT2D eigenvalue weighted by Gasteiger charge is -2.23. The van der Waals surface area contributed by atoms with E-state index in [0.717, 1.165) is 44.7 Å². The number of unbranched alkanes of at least 4 members (excludes halogenated alkanes) is 1. The summed E-state index contributed by atoms with van der Waals surface area (Å²) in [5, 5.41) is 3.39. The van der Waals surface area contributed by atoms with Crippen molar-refractivity contribution >= 4 is 29.9 Å². The van der Waals surface area contributed by atoms with Crippen LogP contribution in [-0.4, -0.2) is 61.6 Å². The molecule has 1 aliphatic rings. The van der Waals surface area contributed by atoms with E-state index in [4.69, 9.17) is 4.99 Å². The first kappa shape index (κ1) is 20.0. The molecule has 4 nitrogen and oxygen atoms in total. The van der Waals surface area contributed by atoms with Crippen LogP contribution < -0.4 is 5.32 Å². The molecule has 1 aliphatic carbocycles. The predicted octanol–water partition coefficient (Wildman–Crippen LogP) is 2.79. The average molecular weight is 396 g/mol. The quantitative estimate of drug-likeness (QED) is 0.370. The molecular weight excluding hydrogens is 363 g/mol. The Morgan fingerprint density at radius 3 is 2.40 bits per heavy atom. The number of hydrogen-bond donors (Lipinski definition) is 1. The van der Waals surface area contributed by atoms with E-state index in [2.05, 4.69) is 42.9 Å². The second kappa shape index (κ2) is 11.6. The third-order valence-corrected chi connectivity index (χ3v) is 3.66. The molecular formula is C15H33IN4. The summed E-state index contributed by atoms with van der Waals surface area (Å²) in [4.78, 5) is 9.56. The maximum Gasteiger partial charge on any atom is 0.193 e. The number of hydrogen-bond acceptors (Lipinski definition) is 2. The van der Waals surface area contributed by atoms with Gasteiger partial charge in [0.05, 0.1) is 6.54 Å². The van der Waals surface area contributed by atoms with Crippen molar-refractivity contribution in [3.8, 4) is 0 Å². The summed E-state index contributed by atoms with van der Waals surface area (Å²) < 4.78 is 0. The summed E-state index contributed by atoms with van der Waals surface area (Å²) in [7, 11) is 2.13. The standard InChI is InChI=1S/C15H32N4.HI/c1-5-8-12-18(4)15(16-6-2)17-11-13-19(7-3)14-9-10-14;/h14H,5-13H2,1-4H3,(H,16,17);1H. The second-order valence-corrected chi connectivity index (χ2v) is 5.37. The third-order valence-electron chi connectivity index (χ3n) is 3.66. The summed E-state index contributed by atoms with van der Waals surface area (Å²) >= 11 is 0. The van der Waals surface area contributed by atoms with Crippen molar-refractivity contribution in [2.24, 2.45) is 4.99 Å².